The van der Waals surface area contributed by atoms with Gasteiger partial charge in [0.05, 0.1) is 12.7 Å². The summed E-state index contributed by atoms with van der Waals surface area (Å²) in [6.07, 6.45) is 1.97. The zero-order valence-corrected chi connectivity index (χ0v) is 16.9. The predicted molar refractivity (Wildman–Crippen MR) is 111 cm³/mol. The molecule has 0 spiro atoms. The zero-order chi connectivity index (χ0) is 20.3. The third-order valence-corrected chi connectivity index (χ3v) is 5.35. The zero-order valence-electron chi connectivity index (χ0n) is 16.0. The van der Waals surface area contributed by atoms with Gasteiger partial charge in [-0.1, -0.05) is 12.1 Å². The molecule has 0 bridgehead atoms. The van der Waals surface area contributed by atoms with Crippen molar-refractivity contribution in [2.24, 2.45) is 0 Å². The highest BCUT2D eigenvalue weighted by Crippen LogP contribution is 2.27. The Morgan fingerprint density at radius 1 is 1.25 bits per heavy atom. The first-order chi connectivity index (χ1) is 13.4. The van der Waals surface area contributed by atoms with Gasteiger partial charge in [0.25, 0.3) is 5.91 Å². The number of para-hydroxylation sites is 1. The van der Waals surface area contributed by atoms with Crippen molar-refractivity contribution >= 4 is 34.3 Å². The second kappa shape index (κ2) is 8.50. The molecule has 28 heavy (non-hydrogen) atoms. The number of thioether (sulfide) groups is 1. The molecule has 3 aromatic rings. The van der Waals surface area contributed by atoms with Crippen LogP contribution in [0.15, 0.2) is 56.6 Å². The molecule has 3 rings (SSSR count). The molecule has 0 radical (unpaired) electrons. The molecule has 146 valence electrons. The summed E-state index contributed by atoms with van der Waals surface area (Å²) in [5.74, 6) is -0.0135. The van der Waals surface area contributed by atoms with Gasteiger partial charge in [-0.15, -0.1) is 11.8 Å². The number of likely N-dealkylation sites (N-methyl/N-ethyl adjacent to an activating group) is 1. The summed E-state index contributed by atoms with van der Waals surface area (Å²) in [5.41, 5.74) is 2.02. The van der Waals surface area contributed by atoms with Gasteiger partial charge in [0.15, 0.2) is 6.54 Å². The Bertz CT molecular complexity index is 1080. The van der Waals surface area contributed by atoms with E-state index in [1.165, 1.54) is 6.07 Å². The molecule has 3 N–H and O–H groups in total. The number of aryl methyl sites for hydroxylation is 1. The number of phenolic OH excluding ortho intramolecular Hbond substituents is 1. The number of fused-ring (bicyclic) bond motifs is 1. The lowest BCUT2D eigenvalue weighted by atomic mass is 10.1. The highest BCUT2D eigenvalue weighted by atomic mass is 32.2. The Hall–Kier alpha value is -2.77. The van der Waals surface area contributed by atoms with Crippen molar-refractivity contribution in [3.8, 4) is 5.75 Å². The van der Waals surface area contributed by atoms with Crippen LogP contribution in [0.3, 0.4) is 0 Å². The van der Waals surface area contributed by atoms with Gasteiger partial charge in [0, 0.05) is 27.5 Å². The summed E-state index contributed by atoms with van der Waals surface area (Å²) < 4.78 is 5.27. The van der Waals surface area contributed by atoms with Gasteiger partial charge in [-0.05, 0) is 37.4 Å². The monoisotopic (exact) mass is 399 g/mol. The van der Waals surface area contributed by atoms with Crippen molar-refractivity contribution in [3.05, 3.63) is 64.0 Å². The minimum Gasteiger partial charge on any atom is -0.508 e. The van der Waals surface area contributed by atoms with Crippen LogP contribution in [-0.2, 0) is 11.3 Å². The predicted octanol–water partition coefficient (Wildman–Crippen LogP) is 2.18. The lowest BCUT2D eigenvalue weighted by Gasteiger charge is -2.16. The number of amides is 1. The van der Waals surface area contributed by atoms with Gasteiger partial charge in [-0.3, -0.25) is 4.79 Å². The standard InChI is InChI=1S/C21H22N2O4S/c1-13-17(24)9-8-15-14(10-20(26)27-21(13)15)11-23(2)12-19(25)22-16-6-4-5-7-18(16)28-3/h4-10,24H,11-12H2,1-3H3,(H,22,25)/p+1. The molecule has 0 saturated carbocycles. The fourth-order valence-electron chi connectivity index (χ4n) is 3.17. The number of hydrogen-bond acceptors (Lipinski definition) is 5. The van der Waals surface area contributed by atoms with Crippen LogP contribution in [0.4, 0.5) is 5.69 Å². The van der Waals surface area contributed by atoms with E-state index in [-0.39, 0.29) is 18.2 Å². The van der Waals surface area contributed by atoms with Crippen LogP contribution in [0.2, 0.25) is 0 Å². The molecule has 0 aliphatic carbocycles. The molecule has 7 heteroatoms. The van der Waals surface area contributed by atoms with Crippen LogP contribution < -0.4 is 15.8 Å². The van der Waals surface area contributed by atoms with E-state index in [1.54, 1.807) is 30.8 Å². The number of anilines is 1. The largest absolute Gasteiger partial charge is 0.508 e. The second-order valence-electron chi connectivity index (χ2n) is 6.74. The highest BCUT2D eigenvalue weighted by molar-refractivity contribution is 7.98. The Morgan fingerprint density at radius 2 is 2.00 bits per heavy atom. The average Bonchev–Trinajstić information content (AvgIpc) is 2.65. The summed E-state index contributed by atoms with van der Waals surface area (Å²) in [6.45, 7) is 2.43. The Kier molecular flexibility index (Phi) is 6.06. The van der Waals surface area contributed by atoms with E-state index in [0.29, 0.717) is 17.7 Å². The normalized spacial score (nSPS) is 12.1. The quantitative estimate of drug-likeness (QED) is 0.437. The van der Waals surface area contributed by atoms with Crippen molar-refractivity contribution in [1.29, 1.82) is 0 Å². The molecule has 1 heterocycles. The van der Waals surface area contributed by atoms with E-state index in [2.05, 4.69) is 5.32 Å². The summed E-state index contributed by atoms with van der Waals surface area (Å²) in [6, 6.07) is 12.4. The van der Waals surface area contributed by atoms with Gasteiger partial charge < -0.3 is 19.7 Å². The fourth-order valence-corrected chi connectivity index (χ4v) is 3.72. The fraction of sp³-hybridized carbons (Fsp3) is 0.238. The first kappa shape index (κ1) is 20.0. The van der Waals surface area contributed by atoms with Crippen molar-refractivity contribution < 1.29 is 19.2 Å². The third-order valence-electron chi connectivity index (χ3n) is 4.55. The number of carbonyl (C=O) groups excluding carboxylic acids is 1. The SMILES string of the molecule is CSc1ccccc1NC(=O)C[NH+](C)Cc1cc(=O)oc2c(C)c(O)ccc12. The van der Waals surface area contributed by atoms with Gasteiger partial charge in [-0.2, -0.15) is 0 Å². The van der Waals surface area contributed by atoms with E-state index in [0.717, 1.165) is 26.4 Å². The highest BCUT2D eigenvalue weighted by Gasteiger charge is 2.16. The molecule has 0 fully saturated rings. The number of benzene rings is 2. The van der Waals surface area contributed by atoms with Crippen molar-refractivity contribution in [2.45, 2.75) is 18.4 Å². The smallest absolute Gasteiger partial charge is 0.336 e. The molecule has 0 aliphatic rings. The molecule has 6 nitrogen and oxygen atoms in total. The van der Waals surface area contributed by atoms with E-state index >= 15 is 0 Å². The number of hydrogen-bond donors (Lipinski definition) is 3. The molecule has 0 aliphatic heterocycles. The average molecular weight is 399 g/mol. The van der Waals surface area contributed by atoms with Crippen LogP contribution in [0.25, 0.3) is 11.0 Å². The van der Waals surface area contributed by atoms with Crippen LogP contribution in [0, 0.1) is 6.92 Å². The molecular weight excluding hydrogens is 376 g/mol. The molecule has 1 unspecified atom stereocenters. The summed E-state index contributed by atoms with van der Waals surface area (Å²) in [7, 11) is 1.90. The Balaban J connectivity index is 1.76. The maximum atomic E-state index is 12.5. The van der Waals surface area contributed by atoms with E-state index in [1.807, 2.05) is 37.6 Å². The topological polar surface area (TPSA) is 84.0 Å². The first-order valence-electron chi connectivity index (χ1n) is 8.88. The van der Waals surface area contributed by atoms with Crippen LogP contribution >= 0.6 is 11.8 Å². The molecular formula is C21H23N2O4S+. The molecule has 1 atom stereocenters. The van der Waals surface area contributed by atoms with Crippen molar-refractivity contribution in [2.75, 3.05) is 25.2 Å². The number of carbonyl (C=O) groups is 1. The summed E-state index contributed by atoms with van der Waals surface area (Å²) in [4.78, 5) is 26.3. The lowest BCUT2D eigenvalue weighted by Crippen LogP contribution is -3.08. The Labute approximate surface area is 167 Å². The van der Waals surface area contributed by atoms with Crippen LogP contribution in [0.5, 0.6) is 5.75 Å². The maximum absolute atomic E-state index is 12.5. The third kappa shape index (κ3) is 4.37. The van der Waals surface area contributed by atoms with E-state index in [9.17, 15) is 14.7 Å². The minimum absolute atomic E-state index is 0.0836. The minimum atomic E-state index is -0.470. The second-order valence-corrected chi connectivity index (χ2v) is 7.58. The van der Waals surface area contributed by atoms with Crippen molar-refractivity contribution in [3.63, 3.8) is 0 Å². The number of rotatable bonds is 6. The van der Waals surface area contributed by atoms with Gasteiger partial charge in [-0.25, -0.2) is 4.79 Å². The van der Waals surface area contributed by atoms with Crippen molar-refractivity contribution in [1.82, 2.24) is 0 Å². The maximum Gasteiger partial charge on any atom is 0.336 e. The molecule has 2 aromatic carbocycles. The van der Waals surface area contributed by atoms with Gasteiger partial charge in [0.1, 0.15) is 17.9 Å². The summed E-state index contributed by atoms with van der Waals surface area (Å²) in [5, 5.41) is 13.6. The van der Waals surface area contributed by atoms with Crippen LogP contribution in [0.1, 0.15) is 11.1 Å². The molecule has 1 aromatic heterocycles. The first-order valence-corrected chi connectivity index (χ1v) is 10.1. The van der Waals surface area contributed by atoms with Crippen LogP contribution in [-0.4, -0.2) is 30.9 Å². The molecule has 0 saturated heterocycles. The van der Waals surface area contributed by atoms with E-state index < -0.39 is 5.63 Å². The van der Waals surface area contributed by atoms with Gasteiger partial charge >= 0.3 is 5.63 Å². The Morgan fingerprint density at radius 3 is 2.75 bits per heavy atom. The summed E-state index contributed by atoms with van der Waals surface area (Å²) >= 11 is 1.58. The lowest BCUT2D eigenvalue weighted by molar-refractivity contribution is -0.885. The number of nitrogens with one attached hydrogen (secondary N) is 2. The van der Waals surface area contributed by atoms with E-state index in [4.69, 9.17) is 4.42 Å². The number of phenols is 1. The molecule has 1 amide bonds. The van der Waals surface area contributed by atoms with Gasteiger partial charge in [0.2, 0.25) is 0 Å². The number of aromatic hydroxyl groups is 1. The number of quaternary nitrogens is 1.